The topological polar surface area (TPSA) is 47.0 Å². The van der Waals surface area contributed by atoms with Gasteiger partial charge in [0.05, 0.1) is 12.1 Å². The van der Waals surface area contributed by atoms with E-state index in [1.807, 2.05) is 6.07 Å². The lowest BCUT2D eigenvalue weighted by Gasteiger charge is -2.21. The second kappa shape index (κ2) is 5.09. The van der Waals surface area contributed by atoms with Gasteiger partial charge in [0.2, 0.25) is 0 Å². The molecule has 0 bridgehead atoms. The fraction of sp³-hybridized carbons (Fsp3) is 0.429. The molecule has 1 saturated heterocycles. The van der Waals surface area contributed by atoms with Crippen molar-refractivity contribution in [2.75, 3.05) is 11.9 Å². The molecule has 0 radical (unpaired) electrons. The Morgan fingerprint density at radius 2 is 2.32 bits per heavy atom. The molecule has 2 aromatic rings. The Labute approximate surface area is 111 Å². The molecular weight excluding hydrogens is 245 g/mol. The van der Waals surface area contributed by atoms with Crippen molar-refractivity contribution < 1.29 is 9.13 Å². The minimum Gasteiger partial charge on any atom is -0.376 e. The number of hydrogen-bond acceptors (Lipinski definition) is 4. The van der Waals surface area contributed by atoms with Gasteiger partial charge in [-0.1, -0.05) is 6.07 Å². The molecule has 0 spiro atoms. The van der Waals surface area contributed by atoms with Gasteiger partial charge in [-0.2, -0.15) is 0 Å². The van der Waals surface area contributed by atoms with Crippen LogP contribution in [0.5, 0.6) is 0 Å². The van der Waals surface area contributed by atoms with Crippen LogP contribution in [0.4, 0.5) is 10.2 Å². The van der Waals surface area contributed by atoms with Crippen molar-refractivity contribution in [3.63, 3.8) is 0 Å². The number of para-hydroxylation sites is 1. The number of anilines is 1. The third-order valence-electron chi connectivity index (χ3n) is 3.50. The van der Waals surface area contributed by atoms with Crippen LogP contribution in [0.1, 0.15) is 19.8 Å². The van der Waals surface area contributed by atoms with Crippen LogP contribution in [0.25, 0.3) is 10.9 Å². The van der Waals surface area contributed by atoms with Crippen molar-refractivity contribution in [1.82, 2.24) is 9.97 Å². The number of rotatable bonds is 3. The van der Waals surface area contributed by atoms with Gasteiger partial charge < -0.3 is 10.1 Å². The summed E-state index contributed by atoms with van der Waals surface area (Å²) in [5.41, 5.74) is 0.347. The zero-order valence-electron chi connectivity index (χ0n) is 10.8. The van der Waals surface area contributed by atoms with Crippen molar-refractivity contribution in [2.24, 2.45) is 0 Å². The minimum absolute atomic E-state index is 0.142. The fourth-order valence-electron chi connectivity index (χ4n) is 2.47. The molecule has 1 aliphatic heterocycles. The van der Waals surface area contributed by atoms with Crippen LogP contribution in [-0.4, -0.2) is 28.7 Å². The van der Waals surface area contributed by atoms with Crippen molar-refractivity contribution in [1.29, 1.82) is 0 Å². The summed E-state index contributed by atoms with van der Waals surface area (Å²) in [4.78, 5) is 8.20. The first-order valence-electron chi connectivity index (χ1n) is 6.53. The number of ether oxygens (including phenoxy) is 1. The van der Waals surface area contributed by atoms with Gasteiger partial charge in [-0.25, -0.2) is 14.4 Å². The van der Waals surface area contributed by atoms with Crippen LogP contribution in [-0.2, 0) is 4.74 Å². The molecule has 4 nitrogen and oxygen atoms in total. The molecule has 19 heavy (non-hydrogen) atoms. The predicted octanol–water partition coefficient (Wildman–Crippen LogP) is 2.75. The van der Waals surface area contributed by atoms with E-state index in [1.54, 1.807) is 6.07 Å². The number of fused-ring (bicyclic) bond motifs is 1. The molecule has 100 valence electrons. The van der Waals surface area contributed by atoms with Crippen LogP contribution < -0.4 is 5.32 Å². The molecule has 1 N–H and O–H groups in total. The summed E-state index contributed by atoms with van der Waals surface area (Å²) in [7, 11) is 0. The van der Waals surface area contributed by atoms with E-state index < -0.39 is 0 Å². The van der Waals surface area contributed by atoms with E-state index in [0.29, 0.717) is 16.7 Å². The molecule has 1 fully saturated rings. The first-order chi connectivity index (χ1) is 9.25. The van der Waals surface area contributed by atoms with Crippen LogP contribution in [0.2, 0.25) is 0 Å². The van der Waals surface area contributed by atoms with Gasteiger partial charge >= 0.3 is 0 Å². The Bertz CT molecular complexity index is 584. The van der Waals surface area contributed by atoms with E-state index in [-0.39, 0.29) is 18.0 Å². The van der Waals surface area contributed by atoms with Crippen LogP contribution in [0, 0.1) is 5.82 Å². The molecule has 0 saturated carbocycles. The normalized spacial score (nSPS) is 20.6. The summed E-state index contributed by atoms with van der Waals surface area (Å²) < 4.78 is 19.3. The summed E-state index contributed by atoms with van der Waals surface area (Å²) in [6, 6.07) is 5.04. The van der Waals surface area contributed by atoms with Gasteiger partial charge in [0, 0.05) is 12.0 Å². The molecule has 2 heterocycles. The molecular formula is C14H16FN3O. The second-order valence-corrected chi connectivity index (χ2v) is 4.84. The molecule has 2 unspecified atom stereocenters. The van der Waals surface area contributed by atoms with E-state index in [9.17, 15) is 4.39 Å². The highest BCUT2D eigenvalue weighted by atomic mass is 19.1. The zero-order valence-corrected chi connectivity index (χ0v) is 10.8. The lowest BCUT2D eigenvalue weighted by atomic mass is 10.1. The molecule has 3 rings (SSSR count). The molecule has 1 aliphatic rings. The largest absolute Gasteiger partial charge is 0.376 e. The Morgan fingerprint density at radius 3 is 3.11 bits per heavy atom. The van der Waals surface area contributed by atoms with Crippen molar-refractivity contribution in [3.05, 3.63) is 30.3 Å². The van der Waals surface area contributed by atoms with Crippen molar-refractivity contribution in [3.8, 4) is 0 Å². The maximum atomic E-state index is 13.7. The number of aromatic nitrogens is 2. The van der Waals surface area contributed by atoms with E-state index in [0.717, 1.165) is 19.4 Å². The van der Waals surface area contributed by atoms with Crippen LogP contribution in [0.15, 0.2) is 24.5 Å². The van der Waals surface area contributed by atoms with Gasteiger partial charge in [0.15, 0.2) is 0 Å². The van der Waals surface area contributed by atoms with Crippen molar-refractivity contribution in [2.45, 2.75) is 31.9 Å². The summed E-state index contributed by atoms with van der Waals surface area (Å²) in [6.07, 6.45) is 3.72. The highest BCUT2D eigenvalue weighted by molar-refractivity contribution is 5.89. The highest BCUT2D eigenvalue weighted by Crippen LogP contribution is 2.24. The summed E-state index contributed by atoms with van der Waals surface area (Å²) >= 11 is 0. The molecule has 2 atom stereocenters. The first-order valence-corrected chi connectivity index (χ1v) is 6.53. The summed E-state index contributed by atoms with van der Waals surface area (Å²) in [5, 5.41) is 4.01. The summed E-state index contributed by atoms with van der Waals surface area (Å²) in [5.74, 6) is 0.334. The maximum Gasteiger partial charge on any atom is 0.149 e. The van der Waals surface area contributed by atoms with Gasteiger partial charge in [-0.3, -0.25) is 0 Å². The standard InChI is InChI=1S/C14H16FN3O/c1-9(12-6-3-7-19-12)18-14-10-4-2-5-11(15)13(10)16-8-17-14/h2,4-5,8-9,12H,3,6-7H2,1H3,(H,16,17,18). The van der Waals surface area contributed by atoms with Gasteiger partial charge in [0.25, 0.3) is 0 Å². The average Bonchev–Trinajstić information content (AvgIpc) is 2.94. The smallest absolute Gasteiger partial charge is 0.149 e. The second-order valence-electron chi connectivity index (χ2n) is 4.84. The highest BCUT2D eigenvalue weighted by Gasteiger charge is 2.23. The van der Waals surface area contributed by atoms with Gasteiger partial charge in [0.1, 0.15) is 23.5 Å². The quantitative estimate of drug-likeness (QED) is 0.923. The van der Waals surface area contributed by atoms with E-state index in [2.05, 4.69) is 22.2 Å². The van der Waals surface area contributed by atoms with E-state index >= 15 is 0 Å². The Kier molecular flexibility index (Phi) is 3.29. The Hall–Kier alpha value is -1.75. The third kappa shape index (κ3) is 2.38. The molecule has 0 amide bonds. The lowest BCUT2D eigenvalue weighted by molar-refractivity contribution is 0.0996. The number of hydrogen-bond donors (Lipinski definition) is 1. The minimum atomic E-state index is -0.326. The van der Waals surface area contributed by atoms with Crippen LogP contribution in [0.3, 0.4) is 0 Å². The number of nitrogens with zero attached hydrogens (tertiary/aromatic N) is 2. The Balaban J connectivity index is 1.90. The van der Waals surface area contributed by atoms with Crippen LogP contribution >= 0.6 is 0 Å². The van der Waals surface area contributed by atoms with Gasteiger partial charge in [-0.15, -0.1) is 0 Å². The SMILES string of the molecule is CC(Nc1ncnc2c(F)cccc12)C1CCCO1. The maximum absolute atomic E-state index is 13.7. The molecule has 1 aromatic carbocycles. The number of benzene rings is 1. The van der Waals surface area contributed by atoms with Gasteiger partial charge in [-0.05, 0) is 31.9 Å². The lowest BCUT2D eigenvalue weighted by Crippen LogP contribution is -2.30. The molecule has 5 heteroatoms. The third-order valence-corrected chi connectivity index (χ3v) is 3.50. The summed E-state index contributed by atoms with van der Waals surface area (Å²) in [6.45, 7) is 2.87. The molecule has 1 aromatic heterocycles. The monoisotopic (exact) mass is 261 g/mol. The van der Waals surface area contributed by atoms with E-state index in [1.165, 1.54) is 12.4 Å². The molecule has 0 aliphatic carbocycles. The van der Waals surface area contributed by atoms with Crippen molar-refractivity contribution >= 4 is 16.7 Å². The number of halogens is 1. The fourth-order valence-corrected chi connectivity index (χ4v) is 2.47. The first kappa shape index (κ1) is 12.3. The average molecular weight is 261 g/mol. The van der Waals surface area contributed by atoms with E-state index in [4.69, 9.17) is 4.74 Å². The predicted molar refractivity (Wildman–Crippen MR) is 71.6 cm³/mol. The Morgan fingerprint density at radius 1 is 1.42 bits per heavy atom. The zero-order chi connectivity index (χ0) is 13.2. The number of nitrogens with one attached hydrogen (secondary N) is 1.